The van der Waals surface area contributed by atoms with Crippen LogP contribution in [0.3, 0.4) is 0 Å². The topological polar surface area (TPSA) is 73.2 Å². The van der Waals surface area contributed by atoms with Gasteiger partial charge in [-0.25, -0.2) is 4.98 Å². The molecule has 3 aromatic rings. The fourth-order valence-corrected chi connectivity index (χ4v) is 2.80. The Kier molecular flexibility index (Phi) is 4.52. The molecule has 0 radical (unpaired) electrons. The molecular weight excluding hydrogens is 340 g/mol. The van der Waals surface area contributed by atoms with Crippen molar-refractivity contribution in [2.24, 2.45) is 0 Å². The number of anilines is 1. The summed E-state index contributed by atoms with van der Waals surface area (Å²) in [6.45, 7) is -3.11. The van der Waals surface area contributed by atoms with Gasteiger partial charge in [0, 0.05) is 5.69 Å². The van der Waals surface area contributed by atoms with Crippen LogP contribution in [0.25, 0.3) is 10.2 Å². The highest BCUT2D eigenvalue weighted by atomic mass is 32.1. The monoisotopic (exact) mass is 351 g/mol. The molecule has 1 N–H and O–H groups in total. The fourth-order valence-electron chi connectivity index (χ4n) is 2.08. The number of nitrogens with one attached hydrogen (secondary N) is 1. The van der Waals surface area contributed by atoms with Crippen molar-refractivity contribution in [2.75, 3.05) is 5.32 Å². The first-order valence-electron chi connectivity index (χ1n) is 6.80. The van der Waals surface area contributed by atoms with E-state index < -0.39 is 12.5 Å². The highest BCUT2D eigenvalue weighted by Crippen LogP contribution is 2.18. The predicted octanol–water partition coefficient (Wildman–Crippen LogP) is 2.70. The number of halogens is 2. The van der Waals surface area contributed by atoms with Gasteiger partial charge in [-0.05, 0) is 35.7 Å². The molecule has 0 saturated heterocycles. The number of fused-ring (bicyclic) bond motifs is 1. The normalized spacial score (nSPS) is 11.0. The van der Waals surface area contributed by atoms with E-state index in [1.165, 1.54) is 46.5 Å². The summed E-state index contributed by atoms with van der Waals surface area (Å²) in [6.07, 6.45) is 1.32. The van der Waals surface area contributed by atoms with Crippen LogP contribution in [0.15, 0.2) is 46.8 Å². The number of alkyl halides is 2. The Bertz CT molecular complexity index is 922. The molecule has 9 heteroatoms. The van der Waals surface area contributed by atoms with Gasteiger partial charge in [0.1, 0.15) is 17.1 Å². The number of amides is 1. The Morgan fingerprint density at radius 2 is 2.04 bits per heavy atom. The van der Waals surface area contributed by atoms with Crippen LogP contribution in [0.4, 0.5) is 14.5 Å². The number of carbonyl (C=O) groups excluding carboxylic acids is 1. The first-order valence-corrected chi connectivity index (χ1v) is 7.68. The van der Waals surface area contributed by atoms with Crippen LogP contribution in [0.5, 0.6) is 5.75 Å². The maximum absolute atomic E-state index is 12.2. The SMILES string of the molecule is O=C(Cn1cnc2sccc2c1=O)Nc1ccc(OC(F)F)cc1. The third-order valence-electron chi connectivity index (χ3n) is 3.13. The standard InChI is InChI=1S/C15H11F2N3O3S/c16-15(17)23-10-3-1-9(2-4-10)19-12(21)7-20-8-18-13-11(14(20)22)5-6-24-13/h1-6,8,15H,7H2,(H,19,21). The van der Waals surface area contributed by atoms with E-state index >= 15 is 0 Å². The van der Waals surface area contributed by atoms with Crippen molar-refractivity contribution in [1.82, 2.24) is 9.55 Å². The van der Waals surface area contributed by atoms with Gasteiger partial charge < -0.3 is 10.1 Å². The summed E-state index contributed by atoms with van der Waals surface area (Å²) >= 11 is 1.35. The molecule has 0 unspecified atom stereocenters. The molecule has 124 valence electrons. The number of hydrogen-bond acceptors (Lipinski definition) is 5. The summed E-state index contributed by atoms with van der Waals surface area (Å²) in [4.78, 5) is 28.9. The molecule has 0 saturated carbocycles. The lowest BCUT2D eigenvalue weighted by Crippen LogP contribution is -2.27. The van der Waals surface area contributed by atoms with Crippen LogP contribution in [0.1, 0.15) is 0 Å². The molecule has 0 aliphatic heterocycles. The van der Waals surface area contributed by atoms with Crippen LogP contribution in [0.2, 0.25) is 0 Å². The van der Waals surface area contributed by atoms with Gasteiger partial charge in [0.05, 0.1) is 11.7 Å². The van der Waals surface area contributed by atoms with Gasteiger partial charge in [0.25, 0.3) is 5.56 Å². The van der Waals surface area contributed by atoms with Crippen molar-refractivity contribution in [3.05, 3.63) is 52.4 Å². The third kappa shape index (κ3) is 3.57. The first kappa shape index (κ1) is 16.1. The van der Waals surface area contributed by atoms with E-state index in [9.17, 15) is 18.4 Å². The minimum Gasteiger partial charge on any atom is -0.435 e. The van der Waals surface area contributed by atoms with E-state index in [0.717, 1.165) is 0 Å². The molecule has 2 heterocycles. The minimum absolute atomic E-state index is 0.00803. The van der Waals surface area contributed by atoms with Crippen LogP contribution in [0, 0.1) is 0 Å². The Hall–Kier alpha value is -2.81. The fraction of sp³-hybridized carbons (Fsp3) is 0.133. The van der Waals surface area contributed by atoms with Crippen molar-refractivity contribution >= 4 is 33.1 Å². The molecule has 24 heavy (non-hydrogen) atoms. The second-order valence-electron chi connectivity index (χ2n) is 4.77. The van der Waals surface area contributed by atoms with E-state index in [4.69, 9.17) is 0 Å². The van der Waals surface area contributed by atoms with Crippen LogP contribution in [-0.4, -0.2) is 22.1 Å². The molecule has 0 bridgehead atoms. The molecule has 2 aromatic heterocycles. The molecule has 0 aliphatic carbocycles. The van der Waals surface area contributed by atoms with Crippen LogP contribution < -0.4 is 15.6 Å². The molecule has 0 aliphatic rings. The predicted molar refractivity (Wildman–Crippen MR) is 85.6 cm³/mol. The zero-order valence-electron chi connectivity index (χ0n) is 12.1. The van der Waals surface area contributed by atoms with Gasteiger partial charge in [0.15, 0.2) is 0 Å². The number of nitrogens with zero attached hydrogens (tertiary/aromatic N) is 2. The first-order chi connectivity index (χ1) is 11.5. The maximum atomic E-state index is 12.2. The second kappa shape index (κ2) is 6.75. The highest BCUT2D eigenvalue weighted by molar-refractivity contribution is 7.16. The molecule has 1 amide bonds. The largest absolute Gasteiger partial charge is 0.435 e. The van der Waals surface area contributed by atoms with Crippen molar-refractivity contribution < 1.29 is 18.3 Å². The van der Waals surface area contributed by atoms with E-state index in [2.05, 4.69) is 15.0 Å². The Balaban J connectivity index is 1.68. The Morgan fingerprint density at radius 1 is 1.29 bits per heavy atom. The van der Waals surface area contributed by atoms with Crippen LogP contribution >= 0.6 is 11.3 Å². The molecule has 0 spiro atoms. The molecule has 6 nitrogen and oxygen atoms in total. The van der Waals surface area contributed by atoms with E-state index in [1.54, 1.807) is 11.4 Å². The maximum Gasteiger partial charge on any atom is 0.387 e. The van der Waals surface area contributed by atoms with Gasteiger partial charge in [0.2, 0.25) is 5.91 Å². The van der Waals surface area contributed by atoms with Gasteiger partial charge in [-0.2, -0.15) is 8.78 Å². The number of thiophene rings is 1. The van der Waals surface area contributed by atoms with E-state index in [1.807, 2.05) is 0 Å². The minimum atomic E-state index is -2.91. The van der Waals surface area contributed by atoms with Crippen molar-refractivity contribution in [2.45, 2.75) is 13.2 Å². The average Bonchev–Trinajstić information content (AvgIpc) is 3.01. The summed E-state index contributed by atoms with van der Waals surface area (Å²) < 4.78 is 29.6. The van der Waals surface area contributed by atoms with Gasteiger partial charge in [-0.1, -0.05) is 0 Å². The quantitative estimate of drug-likeness (QED) is 0.767. The van der Waals surface area contributed by atoms with Gasteiger partial charge >= 0.3 is 6.61 Å². The summed E-state index contributed by atoms with van der Waals surface area (Å²) in [5, 5.41) is 4.79. The van der Waals surface area contributed by atoms with Crippen LogP contribution in [-0.2, 0) is 11.3 Å². The number of aromatic nitrogens is 2. The van der Waals surface area contributed by atoms with Gasteiger partial charge in [-0.15, -0.1) is 11.3 Å². The molecule has 3 rings (SSSR count). The van der Waals surface area contributed by atoms with Gasteiger partial charge in [-0.3, -0.25) is 14.2 Å². The number of carbonyl (C=O) groups is 1. The Morgan fingerprint density at radius 3 is 2.75 bits per heavy atom. The Labute approximate surface area is 138 Å². The number of benzene rings is 1. The number of ether oxygens (including phenoxy) is 1. The zero-order chi connectivity index (χ0) is 17.1. The smallest absolute Gasteiger partial charge is 0.387 e. The molecular formula is C15H11F2N3O3S. The molecule has 0 atom stereocenters. The lowest BCUT2D eigenvalue weighted by molar-refractivity contribution is -0.116. The van der Waals surface area contributed by atoms with E-state index in [-0.39, 0.29) is 17.9 Å². The zero-order valence-corrected chi connectivity index (χ0v) is 12.9. The number of rotatable bonds is 5. The number of hydrogen-bond donors (Lipinski definition) is 1. The lowest BCUT2D eigenvalue weighted by Gasteiger charge is -2.08. The summed E-state index contributed by atoms with van der Waals surface area (Å²) in [5.41, 5.74) is 0.108. The summed E-state index contributed by atoms with van der Waals surface area (Å²) in [5.74, 6) is -0.442. The molecule has 0 fully saturated rings. The highest BCUT2D eigenvalue weighted by Gasteiger charge is 2.10. The summed E-state index contributed by atoms with van der Waals surface area (Å²) in [6, 6.07) is 7.14. The lowest BCUT2D eigenvalue weighted by atomic mass is 10.3. The van der Waals surface area contributed by atoms with Crippen molar-refractivity contribution in [3.63, 3.8) is 0 Å². The van der Waals surface area contributed by atoms with E-state index in [0.29, 0.717) is 15.9 Å². The van der Waals surface area contributed by atoms with Crippen molar-refractivity contribution in [1.29, 1.82) is 0 Å². The second-order valence-corrected chi connectivity index (χ2v) is 5.66. The summed E-state index contributed by atoms with van der Waals surface area (Å²) in [7, 11) is 0. The third-order valence-corrected chi connectivity index (χ3v) is 3.95. The average molecular weight is 351 g/mol. The van der Waals surface area contributed by atoms with Crippen molar-refractivity contribution in [3.8, 4) is 5.75 Å². The molecule has 1 aromatic carbocycles.